The van der Waals surface area contributed by atoms with Gasteiger partial charge in [-0.3, -0.25) is 0 Å². The average molecular weight is 179 g/mol. The van der Waals surface area contributed by atoms with Crippen molar-refractivity contribution in [2.45, 2.75) is 40.5 Å². The van der Waals surface area contributed by atoms with Crippen molar-refractivity contribution < 1.29 is 0 Å². The van der Waals surface area contributed by atoms with Gasteiger partial charge in [0.15, 0.2) is 0 Å². The molecule has 0 bridgehead atoms. The van der Waals surface area contributed by atoms with E-state index in [0.29, 0.717) is 0 Å². The second-order valence-corrected chi connectivity index (χ2v) is 3.29. The standard InChI is InChI=1S/C12H21N/c1-6-8-10(3)12(5)13-11(4)9-7-2/h6,8,13H,4,7,9H2,1-3,5H3/b8-6-,12-10+. The number of nitrogens with one attached hydrogen (secondary N) is 1. The summed E-state index contributed by atoms with van der Waals surface area (Å²) in [5.41, 5.74) is 3.56. The molecule has 0 aromatic heterocycles. The van der Waals surface area contributed by atoms with E-state index >= 15 is 0 Å². The molecule has 0 aliphatic heterocycles. The maximum atomic E-state index is 3.96. The predicted octanol–water partition coefficient (Wildman–Crippen LogP) is 3.76. The van der Waals surface area contributed by atoms with Gasteiger partial charge in [-0.1, -0.05) is 32.1 Å². The Hall–Kier alpha value is -0.980. The van der Waals surface area contributed by atoms with Crippen LogP contribution >= 0.6 is 0 Å². The van der Waals surface area contributed by atoms with Gasteiger partial charge in [-0.25, -0.2) is 0 Å². The molecule has 74 valence electrons. The minimum absolute atomic E-state index is 1.04. The number of rotatable bonds is 5. The first-order valence-electron chi connectivity index (χ1n) is 4.86. The summed E-state index contributed by atoms with van der Waals surface area (Å²) < 4.78 is 0. The lowest BCUT2D eigenvalue weighted by atomic mass is 10.2. The molecule has 0 aromatic rings. The molecule has 0 aromatic carbocycles. The third-order valence-corrected chi connectivity index (χ3v) is 1.92. The molecule has 1 heteroatoms. The van der Waals surface area contributed by atoms with Crippen molar-refractivity contribution in [2.24, 2.45) is 0 Å². The first-order chi connectivity index (χ1) is 6.11. The molecule has 0 amide bonds. The second-order valence-electron chi connectivity index (χ2n) is 3.29. The lowest BCUT2D eigenvalue weighted by Gasteiger charge is -2.10. The molecule has 13 heavy (non-hydrogen) atoms. The molecule has 0 aliphatic carbocycles. The van der Waals surface area contributed by atoms with Crippen LogP contribution < -0.4 is 5.32 Å². The molecule has 0 radical (unpaired) electrons. The number of allylic oxidation sites excluding steroid dienone is 5. The molecule has 0 fully saturated rings. The first-order valence-corrected chi connectivity index (χ1v) is 4.86. The maximum Gasteiger partial charge on any atom is 0.0146 e. The van der Waals surface area contributed by atoms with Gasteiger partial charge >= 0.3 is 0 Å². The minimum atomic E-state index is 1.04. The van der Waals surface area contributed by atoms with Crippen LogP contribution in [0.5, 0.6) is 0 Å². The Labute approximate surface area is 82.2 Å². The van der Waals surface area contributed by atoms with E-state index in [4.69, 9.17) is 0 Å². The highest BCUT2D eigenvalue weighted by molar-refractivity contribution is 5.23. The van der Waals surface area contributed by atoms with Gasteiger partial charge in [0.05, 0.1) is 0 Å². The monoisotopic (exact) mass is 179 g/mol. The Morgan fingerprint density at radius 1 is 1.38 bits per heavy atom. The topological polar surface area (TPSA) is 12.0 Å². The summed E-state index contributed by atoms with van der Waals surface area (Å²) in [6, 6.07) is 0. The van der Waals surface area contributed by atoms with Crippen LogP contribution in [0.4, 0.5) is 0 Å². The van der Waals surface area contributed by atoms with Crippen molar-refractivity contribution in [1.82, 2.24) is 5.32 Å². The predicted molar refractivity (Wildman–Crippen MR) is 60.4 cm³/mol. The summed E-state index contributed by atoms with van der Waals surface area (Å²) in [5, 5.41) is 3.30. The average Bonchev–Trinajstić information content (AvgIpc) is 2.05. The van der Waals surface area contributed by atoms with Crippen molar-refractivity contribution in [2.75, 3.05) is 0 Å². The van der Waals surface area contributed by atoms with Gasteiger partial charge in [0.25, 0.3) is 0 Å². The molecule has 0 unspecified atom stereocenters. The van der Waals surface area contributed by atoms with Crippen LogP contribution in [0.25, 0.3) is 0 Å². The number of hydrogen-bond donors (Lipinski definition) is 1. The Kier molecular flexibility index (Phi) is 6.03. The van der Waals surface area contributed by atoms with Crippen LogP contribution in [-0.4, -0.2) is 0 Å². The smallest absolute Gasteiger partial charge is 0.0146 e. The van der Waals surface area contributed by atoms with E-state index in [1.165, 1.54) is 11.3 Å². The van der Waals surface area contributed by atoms with Crippen LogP contribution in [0, 0.1) is 0 Å². The van der Waals surface area contributed by atoms with Crippen molar-refractivity contribution in [3.05, 3.63) is 35.7 Å². The number of hydrogen-bond acceptors (Lipinski definition) is 1. The summed E-state index contributed by atoms with van der Waals surface area (Å²) >= 11 is 0. The van der Waals surface area contributed by atoms with Crippen molar-refractivity contribution >= 4 is 0 Å². The molecule has 0 heterocycles. The fraction of sp³-hybridized carbons (Fsp3) is 0.500. The zero-order chi connectivity index (χ0) is 10.3. The fourth-order valence-electron chi connectivity index (χ4n) is 1.10. The van der Waals surface area contributed by atoms with E-state index in [2.05, 4.69) is 38.7 Å². The van der Waals surface area contributed by atoms with Gasteiger partial charge in [-0.15, -0.1) is 0 Å². The molecule has 0 spiro atoms. The van der Waals surface area contributed by atoms with Crippen molar-refractivity contribution in [3.63, 3.8) is 0 Å². The quantitative estimate of drug-likeness (QED) is 0.634. The summed E-state index contributed by atoms with van der Waals surface area (Å²) in [5.74, 6) is 0. The molecule has 0 saturated carbocycles. The van der Waals surface area contributed by atoms with Crippen LogP contribution in [0.2, 0.25) is 0 Å². The van der Waals surface area contributed by atoms with Gasteiger partial charge in [0, 0.05) is 11.4 Å². The third kappa shape index (κ3) is 5.29. The highest BCUT2D eigenvalue weighted by Crippen LogP contribution is 2.06. The van der Waals surface area contributed by atoms with Crippen LogP contribution in [0.1, 0.15) is 40.5 Å². The maximum absolute atomic E-state index is 3.96. The van der Waals surface area contributed by atoms with E-state index in [0.717, 1.165) is 18.5 Å². The molecule has 1 nitrogen and oxygen atoms in total. The van der Waals surface area contributed by atoms with E-state index in [1.54, 1.807) is 0 Å². The minimum Gasteiger partial charge on any atom is -0.363 e. The van der Waals surface area contributed by atoms with E-state index < -0.39 is 0 Å². The Balaban J connectivity index is 4.19. The highest BCUT2D eigenvalue weighted by atomic mass is 14.9. The normalized spacial score (nSPS) is 12.9. The van der Waals surface area contributed by atoms with Crippen molar-refractivity contribution in [3.8, 4) is 0 Å². The molecular formula is C12H21N. The molecule has 0 saturated heterocycles. The SMILES string of the molecule is C=C(CCC)N/C(C)=C(C)/C=C\C. The van der Waals surface area contributed by atoms with Gasteiger partial charge < -0.3 is 5.32 Å². The lowest BCUT2D eigenvalue weighted by molar-refractivity contribution is 0.813. The van der Waals surface area contributed by atoms with Gasteiger partial charge in [-0.2, -0.15) is 0 Å². The lowest BCUT2D eigenvalue weighted by Crippen LogP contribution is -2.10. The Bertz CT molecular complexity index is 221. The molecule has 0 atom stereocenters. The van der Waals surface area contributed by atoms with Gasteiger partial charge in [-0.05, 0) is 32.8 Å². The second kappa shape index (κ2) is 6.53. The van der Waals surface area contributed by atoms with E-state index in [9.17, 15) is 0 Å². The van der Waals surface area contributed by atoms with E-state index in [-0.39, 0.29) is 0 Å². The fourth-order valence-corrected chi connectivity index (χ4v) is 1.10. The Morgan fingerprint density at radius 2 is 2.00 bits per heavy atom. The summed E-state index contributed by atoms with van der Waals surface area (Å²) in [7, 11) is 0. The van der Waals surface area contributed by atoms with Crippen molar-refractivity contribution in [1.29, 1.82) is 0 Å². The summed E-state index contributed by atoms with van der Waals surface area (Å²) in [6.45, 7) is 12.3. The van der Waals surface area contributed by atoms with Gasteiger partial charge in [0.1, 0.15) is 0 Å². The molecule has 1 N–H and O–H groups in total. The Morgan fingerprint density at radius 3 is 2.46 bits per heavy atom. The largest absolute Gasteiger partial charge is 0.363 e. The summed E-state index contributed by atoms with van der Waals surface area (Å²) in [4.78, 5) is 0. The summed E-state index contributed by atoms with van der Waals surface area (Å²) in [6.07, 6.45) is 6.33. The van der Waals surface area contributed by atoms with Crippen LogP contribution in [-0.2, 0) is 0 Å². The van der Waals surface area contributed by atoms with Crippen LogP contribution in [0.15, 0.2) is 35.7 Å². The third-order valence-electron chi connectivity index (χ3n) is 1.92. The molecule has 0 rings (SSSR count). The van der Waals surface area contributed by atoms with E-state index in [1.807, 2.05) is 13.0 Å². The zero-order valence-corrected chi connectivity index (χ0v) is 9.28. The first kappa shape index (κ1) is 12.0. The zero-order valence-electron chi connectivity index (χ0n) is 9.28. The van der Waals surface area contributed by atoms with Gasteiger partial charge in [0.2, 0.25) is 0 Å². The highest BCUT2D eigenvalue weighted by Gasteiger charge is 1.95. The molecule has 0 aliphatic rings. The molecular weight excluding hydrogens is 158 g/mol. The van der Waals surface area contributed by atoms with Crippen LogP contribution in [0.3, 0.4) is 0 Å².